The van der Waals surface area contributed by atoms with E-state index in [0.717, 1.165) is 0 Å². The first-order valence-electron chi connectivity index (χ1n) is 7.01. The van der Waals surface area contributed by atoms with Crippen LogP contribution in [0.5, 0.6) is 0 Å². The second kappa shape index (κ2) is 6.58. The van der Waals surface area contributed by atoms with E-state index in [0.29, 0.717) is 26.8 Å². The smallest absolute Gasteiger partial charge is 0.271 e. The number of hydrogen-bond acceptors (Lipinski definition) is 5. The average Bonchev–Trinajstić information content (AvgIpc) is 2.86. The summed E-state index contributed by atoms with van der Waals surface area (Å²) >= 11 is 12.0. The predicted molar refractivity (Wildman–Crippen MR) is 95.9 cm³/mol. The first-order valence-corrected chi connectivity index (χ1v) is 7.76. The van der Waals surface area contributed by atoms with E-state index in [2.05, 4.69) is 10.3 Å². The number of non-ortho nitro benzene ring substituents is 1. The summed E-state index contributed by atoms with van der Waals surface area (Å²) in [7, 11) is 0. The number of anilines is 2. The molecule has 0 bridgehead atoms. The van der Waals surface area contributed by atoms with Crippen molar-refractivity contribution in [1.82, 2.24) is 9.55 Å². The Bertz CT molecular complexity index is 982. The quantitative estimate of drug-likeness (QED) is 0.531. The molecule has 10 heteroatoms. The van der Waals surface area contributed by atoms with E-state index in [1.807, 2.05) is 0 Å². The number of nitro benzene ring substituents is 1. The van der Waals surface area contributed by atoms with Crippen LogP contribution in [-0.4, -0.2) is 20.4 Å². The van der Waals surface area contributed by atoms with Crippen molar-refractivity contribution >= 4 is 57.5 Å². The molecule has 0 fully saturated rings. The molecule has 8 nitrogen and oxygen atoms in total. The average molecular weight is 380 g/mol. The highest BCUT2D eigenvalue weighted by molar-refractivity contribution is 6.39. The van der Waals surface area contributed by atoms with Gasteiger partial charge in [0.25, 0.3) is 5.69 Å². The number of nitro groups is 1. The summed E-state index contributed by atoms with van der Waals surface area (Å²) in [6.45, 7) is -0.151. The molecular weight excluding hydrogens is 369 g/mol. The van der Waals surface area contributed by atoms with Crippen molar-refractivity contribution in [1.29, 1.82) is 0 Å². The number of benzene rings is 2. The molecule has 1 aromatic heterocycles. The van der Waals surface area contributed by atoms with Gasteiger partial charge in [0.1, 0.15) is 6.54 Å². The van der Waals surface area contributed by atoms with Crippen LogP contribution in [0.2, 0.25) is 10.0 Å². The number of nitrogens with one attached hydrogen (secondary N) is 1. The van der Waals surface area contributed by atoms with E-state index in [9.17, 15) is 14.9 Å². The van der Waals surface area contributed by atoms with Crippen molar-refractivity contribution in [3.63, 3.8) is 0 Å². The van der Waals surface area contributed by atoms with Crippen LogP contribution < -0.4 is 11.1 Å². The Labute approximate surface area is 151 Å². The highest BCUT2D eigenvalue weighted by atomic mass is 35.5. The summed E-state index contributed by atoms with van der Waals surface area (Å²) in [5, 5.41) is 14.1. The van der Waals surface area contributed by atoms with E-state index >= 15 is 0 Å². The minimum atomic E-state index is -0.527. The minimum absolute atomic E-state index is 0.0657. The van der Waals surface area contributed by atoms with Gasteiger partial charge in [-0.2, -0.15) is 0 Å². The Morgan fingerprint density at radius 1 is 1.28 bits per heavy atom. The number of para-hydroxylation sites is 1. The fourth-order valence-corrected chi connectivity index (χ4v) is 2.85. The number of nitrogens with two attached hydrogens (primary N) is 1. The molecule has 1 amide bonds. The number of hydrogen-bond donors (Lipinski definition) is 2. The lowest BCUT2D eigenvalue weighted by Crippen LogP contribution is -2.20. The van der Waals surface area contributed by atoms with Crippen LogP contribution in [0.1, 0.15) is 0 Å². The molecule has 0 unspecified atom stereocenters. The lowest BCUT2D eigenvalue weighted by atomic mass is 10.3. The topological polar surface area (TPSA) is 116 Å². The third-order valence-electron chi connectivity index (χ3n) is 3.50. The van der Waals surface area contributed by atoms with Crippen molar-refractivity contribution in [2.75, 3.05) is 11.1 Å². The predicted octanol–water partition coefficient (Wildman–Crippen LogP) is 3.47. The monoisotopic (exact) mass is 379 g/mol. The van der Waals surface area contributed by atoms with Crippen LogP contribution >= 0.6 is 23.2 Å². The number of amides is 1. The van der Waals surface area contributed by atoms with Crippen LogP contribution in [0.4, 0.5) is 17.3 Å². The van der Waals surface area contributed by atoms with Crippen LogP contribution in [0.25, 0.3) is 11.0 Å². The lowest BCUT2D eigenvalue weighted by Gasteiger charge is -2.10. The number of nitrogen functional groups attached to an aromatic ring is 1. The Morgan fingerprint density at radius 3 is 2.60 bits per heavy atom. The molecule has 0 aliphatic carbocycles. The second-order valence-corrected chi connectivity index (χ2v) is 5.95. The molecule has 3 N–H and O–H groups in total. The van der Waals surface area contributed by atoms with Gasteiger partial charge in [0.05, 0.1) is 31.7 Å². The van der Waals surface area contributed by atoms with Crippen LogP contribution in [0.15, 0.2) is 36.4 Å². The van der Waals surface area contributed by atoms with Gasteiger partial charge >= 0.3 is 0 Å². The standard InChI is InChI=1S/C15H11Cl2N5O3/c16-9-2-1-3-10(17)14(9)20-13(23)7-21-12-5-4-8(22(24)25)6-11(12)19-15(21)18/h1-6H,7H2,(H2,18,19)(H,20,23). The summed E-state index contributed by atoms with van der Waals surface area (Å²) in [5.41, 5.74) is 6.86. The van der Waals surface area contributed by atoms with E-state index in [-0.39, 0.29) is 18.2 Å². The number of fused-ring (bicyclic) bond motifs is 1. The Hall–Kier alpha value is -2.84. The maximum absolute atomic E-state index is 12.3. The van der Waals surface area contributed by atoms with Crippen molar-refractivity contribution in [3.8, 4) is 0 Å². The second-order valence-electron chi connectivity index (χ2n) is 5.13. The van der Waals surface area contributed by atoms with Crippen molar-refractivity contribution in [3.05, 3.63) is 56.6 Å². The fraction of sp³-hybridized carbons (Fsp3) is 0.0667. The normalized spacial score (nSPS) is 10.8. The number of imidazole rings is 1. The first kappa shape index (κ1) is 17.0. The van der Waals surface area contributed by atoms with Crippen molar-refractivity contribution < 1.29 is 9.72 Å². The van der Waals surface area contributed by atoms with E-state index < -0.39 is 10.8 Å². The molecule has 0 aliphatic rings. The molecule has 3 aromatic rings. The molecule has 0 saturated carbocycles. The molecule has 0 saturated heterocycles. The molecular formula is C15H11Cl2N5O3. The van der Waals surface area contributed by atoms with Gasteiger partial charge in [-0.1, -0.05) is 29.3 Å². The van der Waals surface area contributed by atoms with Crippen LogP contribution in [-0.2, 0) is 11.3 Å². The van der Waals surface area contributed by atoms with Crippen LogP contribution in [0.3, 0.4) is 0 Å². The number of carbonyl (C=O) groups excluding carboxylic acids is 1. The summed E-state index contributed by atoms with van der Waals surface area (Å²) in [5.74, 6) is -0.352. The van der Waals surface area contributed by atoms with Crippen molar-refractivity contribution in [2.24, 2.45) is 0 Å². The molecule has 2 aromatic carbocycles. The van der Waals surface area contributed by atoms with Gasteiger partial charge in [0.15, 0.2) is 0 Å². The van der Waals surface area contributed by atoms with Gasteiger partial charge in [0.2, 0.25) is 11.9 Å². The molecule has 0 spiro atoms. The Morgan fingerprint density at radius 2 is 1.96 bits per heavy atom. The Balaban J connectivity index is 1.88. The molecule has 0 atom stereocenters. The summed E-state index contributed by atoms with van der Waals surface area (Å²) in [6.07, 6.45) is 0. The third-order valence-corrected chi connectivity index (χ3v) is 4.13. The van der Waals surface area contributed by atoms with Gasteiger partial charge in [-0.25, -0.2) is 4.98 Å². The SMILES string of the molecule is Nc1nc2cc([N+](=O)[O-])ccc2n1CC(=O)Nc1c(Cl)cccc1Cl. The molecule has 1 heterocycles. The highest BCUT2D eigenvalue weighted by Crippen LogP contribution is 2.30. The first-order chi connectivity index (χ1) is 11.9. The number of carbonyl (C=O) groups is 1. The number of rotatable bonds is 4. The summed E-state index contributed by atoms with van der Waals surface area (Å²) in [4.78, 5) is 26.7. The number of nitrogens with zero attached hydrogens (tertiary/aromatic N) is 3. The van der Waals surface area contributed by atoms with Gasteiger partial charge < -0.3 is 15.6 Å². The number of aromatic nitrogens is 2. The summed E-state index contributed by atoms with van der Waals surface area (Å²) in [6, 6.07) is 8.97. The maximum atomic E-state index is 12.3. The molecule has 0 radical (unpaired) electrons. The summed E-state index contributed by atoms with van der Waals surface area (Å²) < 4.78 is 1.44. The van der Waals surface area contributed by atoms with Gasteiger partial charge in [-0.15, -0.1) is 0 Å². The lowest BCUT2D eigenvalue weighted by molar-refractivity contribution is -0.384. The van der Waals surface area contributed by atoms with E-state index in [4.69, 9.17) is 28.9 Å². The van der Waals surface area contributed by atoms with Gasteiger partial charge in [-0.3, -0.25) is 14.9 Å². The third kappa shape index (κ3) is 3.35. The highest BCUT2D eigenvalue weighted by Gasteiger charge is 2.16. The van der Waals surface area contributed by atoms with E-state index in [1.165, 1.54) is 22.8 Å². The molecule has 25 heavy (non-hydrogen) atoms. The fourth-order valence-electron chi connectivity index (χ4n) is 2.36. The largest absolute Gasteiger partial charge is 0.369 e. The minimum Gasteiger partial charge on any atom is -0.369 e. The van der Waals surface area contributed by atoms with Crippen LogP contribution in [0, 0.1) is 10.1 Å². The van der Waals surface area contributed by atoms with Gasteiger partial charge in [-0.05, 0) is 18.2 Å². The maximum Gasteiger partial charge on any atom is 0.271 e. The zero-order chi connectivity index (χ0) is 18.1. The molecule has 3 rings (SSSR count). The van der Waals surface area contributed by atoms with Crippen molar-refractivity contribution in [2.45, 2.75) is 6.54 Å². The molecule has 128 valence electrons. The zero-order valence-corrected chi connectivity index (χ0v) is 14.1. The molecule has 0 aliphatic heterocycles. The van der Waals surface area contributed by atoms with Gasteiger partial charge in [0, 0.05) is 12.1 Å². The number of halogens is 2. The zero-order valence-electron chi connectivity index (χ0n) is 12.6. The Kier molecular flexibility index (Phi) is 4.47. The van der Waals surface area contributed by atoms with E-state index in [1.54, 1.807) is 18.2 Å².